The maximum atomic E-state index is 13.5. The summed E-state index contributed by atoms with van der Waals surface area (Å²) in [5.41, 5.74) is 10.6. The number of rotatable bonds is 8. The van der Waals surface area contributed by atoms with E-state index in [0.717, 1.165) is 29.9 Å². The Bertz CT molecular complexity index is 1160. The highest BCUT2D eigenvalue weighted by molar-refractivity contribution is 5.90. The van der Waals surface area contributed by atoms with Crippen LogP contribution in [0, 0.1) is 6.92 Å². The Morgan fingerprint density at radius 2 is 2.09 bits per heavy atom. The Labute approximate surface area is 200 Å². The molecule has 0 bridgehead atoms. The molecule has 2 N–H and O–H groups in total. The van der Waals surface area contributed by atoms with Crippen LogP contribution in [0.4, 0.5) is 0 Å². The molecular formula is C28H31N3O3. The number of benzene rings is 1. The number of aryl methyl sites for hydroxylation is 1. The van der Waals surface area contributed by atoms with Crippen LogP contribution in [0.25, 0.3) is 11.3 Å². The van der Waals surface area contributed by atoms with Gasteiger partial charge in [0.05, 0.1) is 6.04 Å². The molecule has 1 aliphatic carbocycles. The first-order valence-corrected chi connectivity index (χ1v) is 11.7. The molecule has 2 aliphatic rings. The quantitative estimate of drug-likeness (QED) is 0.446. The van der Waals surface area contributed by atoms with Crippen molar-refractivity contribution >= 4 is 11.7 Å². The minimum absolute atomic E-state index is 0.0643. The average molecular weight is 458 g/mol. The molecule has 0 fully saturated rings. The van der Waals surface area contributed by atoms with Crippen molar-refractivity contribution in [2.24, 2.45) is 5.73 Å². The van der Waals surface area contributed by atoms with Crippen molar-refractivity contribution in [1.29, 1.82) is 0 Å². The van der Waals surface area contributed by atoms with Crippen LogP contribution in [0.1, 0.15) is 49.8 Å². The molecule has 0 unspecified atom stereocenters. The number of allylic oxidation sites excluding steroid dienone is 4. The lowest BCUT2D eigenvalue weighted by molar-refractivity contribution is -0.135. The Morgan fingerprint density at radius 1 is 1.29 bits per heavy atom. The predicted octanol–water partition coefficient (Wildman–Crippen LogP) is 4.99. The van der Waals surface area contributed by atoms with Gasteiger partial charge >= 0.3 is 0 Å². The zero-order valence-electron chi connectivity index (χ0n) is 19.6. The third-order valence-corrected chi connectivity index (χ3v) is 6.39. The van der Waals surface area contributed by atoms with E-state index in [4.69, 9.17) is 15.1 Å². The van der Waals surface area contributed by atoms with E-state index in [1.807, 2.05) is 42.2 Å². The molecule has 34 heavy (non-hydrogen) atoms. The summed E-state index contributed by atoms with van der Waals surface area (Å²) in [4.78, 5) is 31.5. The zero-order valence-corrected chi connectivity index (χ0v) is 19.6. The van der Waals surface area contributed by atoms with Gasteiger partial charge in [-0.1, -0.05) is 61.2 Å². The Kier molecular flexibility index (Phi) is 7.38. The summed E-state index contributed by atoms with van der Waals surface area (Å²) in [7, 11) is 0. The number of amides is 1. The van der Waals surface area contributed by atoms with Crippen molar-refractivity contribution in [3.63, 3.8) is 0 Å². The molecule has 2 atom stereocenters. The smallest absolute Gasteiger partial charge is 0.240 e. The maximum Gasteiger partial charge on any atom is 0.240 e. The second-order valence-corrected chi connectivity index (χ2v) is 8.77. The van der Waals surface area contributed by atoms with Gasteiger partial charge in [0.15, 0.2) is 5.78 Å². The highest BCUT2D eigenvalue weighted by Crippen LogP contribution is 2.39. The average Bonchev–Trinajstić information content (AvgIpc) is 3.26. The van der Waals surface area contributed by atoms with Crippen LogP contribution in [0.5, 0.6) is 0 Å². The van der Waals surface area contributed by atoms with Crippen LogP contribution >= 0.6 is 0 Å². The Balaban J connectivity index is 1.59. The van der Waals surface area contributed by atoms with Crippen molar-refractivity contribution < 1.29 is 14.0 Å². The van der Waals surface area contributed by atoms with Crippen LogP contribution in [-0.2, 0) is 9.59 Å². The lowest BCUT2D eigenvalue weighted by Crippen LogP contribution is -2.48. The third kappa shape index (κ3) is 5.18. The van der Waals surface area contributed by atoms with Gasteiger partial charge in [-0.2, -0.15) is 0 Å². The van der Waals surface area contributed by atoms with E-state index < -0.39 is 6.04 Å². The van der Waals surface area contributed by atoms with Gasteiger partial charge in [-0.15, -0.1) is 0 Å². The van der Waals surface area contributed by atoms with E-state index in [2.05, 4.69) is 18.7 Å². The molecule has 1 aromatic heterocycles. The first-order chi connectivity index (χ1) is 16.5. The van der Waals surface area contributed by atoms with Gasteiger partial charge < -0.3 is 15.1 Å². The third-order valence-electron chi connectivity index (χ3n) is 6.39. The van der Waals surface area contributed by atoms with Crippen LogP contribution in [0.15, 0.2) is 82.9 Å². The Morgan fingerprint density at radius 3 is 2.85 bits per heavy atom. The van der Waals surface area contributed by atoms with Crippen LogP contribution in [-0.4, -0.2) is 34.2 Å². The normalized spacial score (nSPS) is 18.8. The fraction of sp³-hybridized carbons (Fsp3) is 0.321. The monoisotopic (exact) mass is 457 g/mol. The summed E-state index contributed by atoms with van der Waals surface area (Å²) in [6.45, 7) is 5.90. The van der Waals surface area contributed by atoms with Crippen molar-refractivity contribution in [3.8, 4) is 11.3 Å². The predicted molar refractivity (Wildman–Crippen MR) is 133 cm³/mol. The van der Waals surface area contributed by atoms with Crippen molar-refractivity contribution in [2.75, 3.05) is 6.54 Å². The lowest BCUT2D eigenvalue weighted by atomic mass is 9.87. The van der Waals surface area contributed by atoms with E-state index in [0.29, 0.717) is 25.3 Å². The molecule has 6 heteroatoms. The van der Waals surface area contributed by atoms with E-state index in [9.17, 15) is 9.59 Å². The lowest BCUT2D eigenvalue weighted by Gasteiger charge is -2.38. The first-order valence-electron chi connectivity index (χ1n) is 11.7. The number of nitrogens with zero attached hydrogens (tertiary/aromatic N) is 2. The molecular weight excluding hydrogens is 426 g/mol. The van der Waals surface area contributed by atoms with Crippen molar-refractivity contribution in [1.82, 2.24) is 9.88 Å². The highest BCUT2D eigenvalue weighted by Gasteiger charge is 2.37. The Hall–Kier alpha value is -3.51. The molecule has 1 amide bonds. The van der Waals surface area contributed by atoms with Gasteiger partial charge in [-0.05, 0) is 43.4 Å². The van der Waals surface area contributed by atoms with Gasteiger partial charge in [0.2, 0.25) is 11.8 Å². The van der Waals surface area contributed by atoms with Crippen LogP contribution in [0.3, 0.4) is 0 Å². The molecule has 176 valence electrons. The van der Waals surface area contributed by atoms with Crippen LogP contribution < -0.4 is 5.73 Å². The van der Waals surface area contributed by atoms with Gasteiger partial charge in [-0.3, -0.25) is 9.59 Å². The van der Waals surface area contributed by atoms with E-state index >= 15 is 0 Å². The maximum absolute atomic E-state index is 13.5. The molecule has 0 spiro atoms. The summed E-state index contributed by atoms with van der Waals surface area (Å²) in [5.74, 6) is 1.06. The minimum atomic E-state index is -0.705. The first kappa shape index (κ1) is 23.6. The molecule has 0 saturated carbocycles. The molecule has 6 nitrogen and oxygen atoms in total. The molecule has 1 aromatic carbocycles. The topological polar surface area (TPSA) is 89.4 Å². The number of nitrogens with two attached hydrogens (primary N) is 1. The van der Waals surface area contributed by atoms with Crippen molar-refractivity contribution in [2.45, 2.75) is 51.1 Å². The van der Waals surface area contributed by atoms with Gasteiger partial charge in [-0.25, -0.2) is 4.98 Å². The van der Waals surface area contributed by atoms with E-state index in [1.54, 1.807) is 12.2 Å². The van der Waals surface area contributed by atoms with Gasteiger partial charge in [0, 0.05) is 24.9 Å². The summed E-state index contributed by atoms with van der Waals surface area (Å²) in [6.07, 6.45) is 12.4. The summed E-state index contributed by atoms with van der Waals surface area (Å²) in [6, 6.07) is 8.89. The molecule has 2 aromatic rings. The molecule has 4 rings (SSSR count). The standard InChI is InChI=1S/C28H31N3O3/c1-3-23(32)15-9-10-16-24(29)28(33)31-18-22-14-8-7-13-21(22)17-25(31)27-30-26(19(2)34-27)20-11-5-4-6-12-20/h3-7,9-13,24-25H,1,8,14-18,29H2,2H3/t24-,25-/m0/s1. The second-order valence-electron chi connectivity index (χ2n) is 8.77. The molecule has 0 saturated heterocycles. The zero-order chi connectivity index (χ0) is 24.1. The fourth-order valence-corrected chi connectivity index (χ4v) is 4.50. The summed E-state index contributed by atoms with van der Waals surface area (Å²) in [5, 5.41) is 0. The highest BCUT2D eigenvalue weighted by atomic mass is 16.4. The number of carbonyl (C=O) groups excluding carboxylic acids is 2. The van der Waals surface area contributed by atoms with Crippen molar-refractivity contribution in [3.05, 3.63) is 90.1 Å². The number of ketones is 1. The number of carbonyl (C=O) groups is 2. The van der Waals surface area contributed by atoms with Gasteiger partial charge in [0.1, 0.15) is 17.5 Å². The summed E-state index contributed by atoms with van der Waals surface area (Å²) >= 11 is 0. The van der Waals surface area contributed by atoms with Crippen LogP contribution in [0.2, 0.25) is 0 Å². The minimum Gasteiger partial charge on any atom is -0.443 e. The number of aromatic nitrogens is 1. The number of hydrogen-bond donors (Lipinski definition) is 1. The largest absolute Gasteiger partial charge is 0.443 e. The number of hydrogen-bond acceptors (Lipinski definition) is 5. The SMILES string of the molecule is C=CC(=O)CC=CC[C@H](N)C(=O)N1CC2=C(C=CCC2)C[C@H]1c1nc(-c2ccccc2)c(C)o1. The van der Waals surface area contributed by atoms with Gasteiger partial charge in [0.25, 0.3) is 0 Å². The number of oxazole rings is 1. The fourth-order valence-electron chi connectivity index (χ4n) is 4.50. The van der Waals surface area contributed by atoms with E-state index in [1.165, 1.54) is 17.2 Å². The molecule has 2 heterocycles. The van der Waals surface area contributed by atoms with E-state index in [-0.39, 0.29) is 24.2 Å². The molecule has 1 aliphatic heterocycles. The molecule has 0 radical (unpaired) electrons. The second kappa shape index (κ2) is 10.6. The summed E-state index contributed by atoms with van der Waals surface area (Å²) < 4.78 is 6.13.